The van der Waals surface area contributed by atoms with Gasteiger partial charge in [0.25, 0.3) is 0 Å². The Balaban J connectivity index is 3.15. The molecule has 0 aliphatic carbocycles. The standard InChI is InChI=1S/C7H7FN2O/c1-4(11)6-3-2-5(9)7(8)10-6/h2-3H,9H2,1H3. The van der Waals surface area contributed by atoms with Crippen LogP contribution in [0, 0.1) is 5.95 Å². The number of nitrogen functional groups attached to an aromatic ring is 1. The van der Waals surface area contributed by atoms with E-state index in [-0.39, 0.29) is 17.2 Å². The van der Waals surface area contributed by atoms with Crippen molar-refractivity contribution in [3.63, 3.8) is 0 Å². The molecular formula is C7H7FN2O. The van der Waals surface area contributed by atoms with Crippen LogP contribution in [0.2, 0.25) is 0 Å². The highest BCUT2D eigenvalue weighted by Gasteiger charge is 2.04. The van der Waals surface area contributed by atoms with E-state index in [2.05, 4.69) is 4.98 Å². The third kappa shape index (κ3) is 1.52. The molecule has 0 bridgehead atoms. The lowest BCUT2D eigenvalue weighted by Crippen LogP contribution is -2.01. The van der Waals surface area contributed by atoms with E-state index in [1.165, 1.54) is 19.1 Å². The van der Waals surface area contributed by atoms with Gasteiger partial charge in [-0.25, -0.2) is 4.98 Å². The molecule has 0 saturated carbocycles. The van der Waals surface area contributed by atoms with Crippen LogP contribution >= 0.6 is 0 Å². The number of pyridine rings is 1. The van der Waals surface area contributed by atoms with E-state index in [1.807, 2.05) is 0 Å². The Labute approximate surface area is 63.0 Å². The fourth-order valence-electron chi connectivity index (χ4n) is 0.641. The molecule has 58 valence electrons. The Morgan fingerprint density at radius 2 is 2.27 bits per heavy atom. The molecule has 0 aliphatic rings. The number of anilines is 1. The summed E-state index contributed by atoms with van der Waals surface area (Å²) in [6.07, 6.45) is 0. The minimum Gasteiger partial charge on any atom is -0.395 e. The summed E-state index contributed by atoms with van der Waals surface area (Å²) in [5.41, 5.74) is 5.19. The van der Waals surface area contributed by atoms with Crippen molar-refractivity contribution >= 4 is 11.5 Å². The smallest absolute Gasteiger partial charge is 0.236 e. The molecule has 0 atom stereocenters. The number of nitrogens with two attached hydrogens (primary N) is 1. The first kappa shape index (κ1) is 7.65. The van der Waals surface area contributed by atoms with E-state index in [4.69, 9.17) is 5.73 Å². The zero-order valence-corrected chi connectivity index (χ0v) is 5.97. The van der Waals surface area contributed by atoms with E-state index >= 15 is 0 Å². The third-order valence-corrected chi connectivity index (χ3v) is 1.24. The van der Waals surface area contributed by atoms with Crippen molar-refractivity contribution in [1.82, 2.24) is 4.98 Å². The van der Waals surface area contributed by atoms with Crippen molar-refractivity contribution in [3.05, 3.63) is 23.8 Å². The Bertz CT molecular complexity index is 298. The predicted molar refractivity (Wildman–Crippen MR) is 38.6 cm³/mol. The molecule has 0 amide bonds. The summed E-state index contributed by atoms with van der Waals surface area (Å²) < 4.78 is 12.6. The molecule has 0 spiro atoms. The molecule has 1 heterocycles. The van der Waals surface area contributed by atoms with Gasteiger partial charge in [-0.3, -0.25) is 4.79 Å². The van der Waals surface area contributed by atoms with E-state index in [0.717, 1.165) is 0 Å². The molecular weight excluding hydrogens is 147 g/mol. The number of ketones is 1. The summed E-state index contributed by atoms with van der Waals surface area (Å²) in [6.45, 7) is 1.32. The van der Waals surface area contributed by atoms with Gasteiger partial charge in [-0.05, 0) is 12.1 Å². The fourth-order valence-corrected chi connectivity index (χ4v) is 0.641. The van der Waals surface area contributed by atoms with Crippen LogP contribution in [-0.4, -0.2) is 10.8 Å². The number of halogens is 1. The minimum absolute atomic E-state index is 0.0463. The van der Waals surface area contributed by atoms with Gasteiger partial charge in [0.05, 0.1) is 5.69 Å². The molecule has 0 fully saturated rings. The highest BCUT2D eigenvalue weighted by molar-refractivity contribution is 5.92. The maximum atomic E-state index is 12.6. The molecule has 3 nitrogen and oxygen atoms in total. The molecule has 0 unspecified atom stereocenters. The number of rotatable bonds is 1. The van der Waals surface area contributed by atoms with E-state index in [0.29, 0.717) is 0 Å². The number of hydrogen-bond donors (Lipinski definition) is 1. The molecule has 0 aliphatic heterocycles. The third-order valence-electron chi connectivity index (χ3n) is 1.24. The zero-order chi connectivity index (χ0) is 8.43. The van der Waals surface area contributed by atoms with Gasteiger partial charge in [0.15, 0.2) is 5.78 Å². The Hall–Kier alpha value is -1.45. The first-order valence-electron chi connectivity index (χ1n) is 3.04. The van der Waals surface area contributed by atoms with Crippen molar-refractivity contribution in [2.24, 2.45) is 0 Å². The van der Waals surface area contributed by atoms with Gasteiger partial charge >= 0.3 is 0 Å². The van der Waals surface area contributed by atoms with E-state index in [9.17, 15) is 9.18 Å². The van der Waals surface area contributed by atoms with E-state index in [1.54, 1.807) is 0 Å². The van der Waals surface area contributed by atoms with E-state index < -0.39 is 5.95 Å². The van der Waals surface area contributed by atoms with Gasteiger partial charge in [-0.1, -0.05) is 0 Å². The van der Waals surface area contributed by atoms with Crippen molar-refractivity contribution in [3.8, 4) is 0 Å². The average Bonchev–Trinajstić information content (AvgIpc) is 1.94. The van der Waals surface area contributed by atoms with Gasteiger partial charge < -0.3 is 5.73 Å². The average molecular weight is 154 g/mol. The van der Waals surface area contributed by atoms with Crippen LogP contribution in [0.1, 0.15) is 17.4 Å². The number of carbonyl (C=O) groups is 1. The molecule has 1 aromatic heterocycles. The highest BCUT2D eigenvalue weighted by atomic mass is 19.1. The van der Waals surface area contributed by atoms with Crippen LogP contribution in [0.4, 0.5) is 10.1 Å². The monoisotopic (exact) mass is 154 g/mol. The van der Waals surface area contributed by atoms with Crippen LogP contribution < -0.4 is 5.73 Å². The molecule has 2 N–H and O–H groups in total. The summed E-state index contributed by atoms with van der Waals surface area (Å²) in [6, 6.07) is 2.71. The quantitative estimate of drug-likeness (QED) is 0.485. The zero-order valence-electron chi connectivity index (χ0n) is 5.97. The second kappa shape index (κ2) is 2.65. The van der Waals surface area contributed by atoms with Crippen LogP contribution in [-0.2, 0) is 0 Å². The molecule has 1 rings (SSSR count). The van der Waals surface area contributed by atoms with Crippen molar-refractivity contribution in [2.45, 2.75) is 6.92 Å². The maximum absolute atomic E-state index is 12.6. The Kier molecular flexibility index (Phi) is 1.85. The number of carbonyl (C=O) groups excluding carboxylic acids is 1. The summed E-state index contributed by atoms with van der Waals surface area (Å²) in [5, 5.41) is 0. The summed E-state index contributed by atoms with van der Waals surface area (Å²) in [7, 11) is 0. The number of Topliss-reactive ketones (excluding diaryl/α,β-unsaturated/α-hetero) is 1. The molecule has 0 saturated heterocycles. The lowest BCUT2D eigenvalue weighted by Gasteiger charge is -1.96. The lowest BCUT2D eigenvalue weighted by molar-refractivity contribution is 0.101. The molecule has 0 radical (unpaired) electrons. The molecule has 0 aromatic carbocycles. The van der Waals surface area contributed by atoms with Gasteiger partial charge in [-0.15, -0.1) is 0 Å². The predicted octanol–water partition coefficient (Wildman–Crippen LogP) is 1.01. The largest absolute Gasteiger partial charge is 0.395 e. The van der Waals surface area contributed by atoms with Crippen LogP contribution in [0.25, 0.3) is 0 Å². The van der Waals surface area contributed by atoms with Crippen LogP contribution in [0.3, 0.4) is 0 Å². The first-order chi connectivity index (χ1) is 5.11. The normalized spacial score (nSPS) is 9.64. The summed E-state index contributed by atoms with van der Waals surface area (Å²) >= 11 is 0. The number of nitrogens with zero attached hydrogens (tertiary/aromatic N) is 1. The second-order valence-electron chi connectivity index (χ2n) is 2.13. The minimum atomic E-state index is -0.794. The SMILES string of the molecule is CC(=O)c1ccc(N)c(F)n1. The van der Waals surface area contributed by atoms with Gasteiger partial charge in [-0.2, -0.15) is 4.39 Å². The fraction of sp³-hybridized carbons (Fsp3) is 0.143. The van der Waals surface area contributed by atoms with Crippen LogP contribution in [0.5, 0.6) is 0 Å². The van der Waals surface area contributed by atoms with Gasteiger partial charge in [0.2, 0.25) is 5.95 Å². The summed E-state index contributed by atoms with van der Waals surface area (Å²) in [4.78, 5) is 14.0. The molecule has 4 heteroatoms. The van der Waals surface area contributed by atoms with Crippen molar-refractivity contribution in [2.75, 3.05) is 5.73 Å². The lowest BCUT2D eigenvalue weighted by atomic mass is 10.2. The Morgan fingerprint density at radius 3 is 2.73 bits per heavy atom. The molecule has 1 aromatic rings. The summed E-state index contributed by atoms with van der Waals surface area (Å²) in [5.74, 6) is -1.07. The second-order valence-corrected chi connectivity index (χ2v) is 2.13. The van der Waals surface area contributed by atoms with Crippen molar-refractivity contribution < 1.29 is 9.18 Å². The van der Waals surface area contributed by atoms with Gasteiger partial charge in [0.1, 0.15) is 5.69 Å². The first-order valence-corrected chi connectivity index (χ1v) is 3.04. The number of hydrogen-bond acceptors (Lipinski definition) is 3. The highest BCUT2D eigenvalue weighted by Crippen LogP contribution is 2.07. The Morgan fingerprint density at radius 1 is 1.64 bits per heavy atom. The van der Waals surface area contributed by atoms with Crippen LogP contribution in [0.15, 0.2) is 12.1 Å². The molecule has 11 heavy (non-hydrogen) atoms. The number of aromatic nitrogens is 1. The van der Waals surface area contributed by atoms with Crippen molar-refractivity contribution in [1.29, 1.82) is 0 Å². The topological polar surface area (TPSA) is 56.0 Å². The van der Waals surface area contributed by atoms with Gasteiger partial charge in [0, 0.05) is 6.92 Å². The maximum Gasteiger partial charge on any atom is 0.236 e.